The average molecular weight is 328 g/mol. The van der Waals surface area contributed by atoms with E-state index in [9.17, 15) is 5.11 Å². The van der Waals surface area contributed by atoms with Crippen molar-refractivity contribution in [3.8, 4) is 5.75 Å². The van der Waals surface area contributed by atoms with E-state index in [1.54, 1.807) is 12.1 Å². The maximum atomic E-state index is 9.91. The van der Waals surface area contributed by atoms with Crippen LogP contribution in [0.15, 0.2) is 12.1 Å². The standard InChI is InChI=1S/C16H28N2O5/c1-2-3-4-14-11(7-17-9-15(20)21)5-13(19)6-12(14)8-18-10-16(22)23/h5-6,15-23H,2-4,7-10H2,1H3. The highest BCUT2D eigenvalue weighted by Crippen LogP contribution is 2.24. The number of aliphatic hydroxyl groups is 4. The summed E-state index contributed by atoms with van der Waals surface area (Å²) in [6.07, 6.45) is 0.0346. The van der Waals surface area contributed by atoms with Gasteiger partial charge in [-0.25, -0.2) is 0 Å². The molecule has 0 fully saturated rings. The Morgan fingerprint density at radius 3 is 1.78 bits per heavy atom. The van der Waals surface area contributed by atoms with Gasteiger partial charge in [-0.1, -0.05) is 13.3 Å². The molecule has 0 atom stereocenters. The third-order valence-corrected chi connectivity index (χ3v) is 3.48. The first-order valence-electron chi connectivity index (χ1n) is 7.91. The molecule has 0 bridgehead atoms. The lowest BCUT2D eigenvalue weighted by Gasteiger charge is -2.17. The van der Waals surface area contributed by atoms with Gasteiger partial charge >= 0.3 is 0 Å². The van der Waals surface area contributed by atoms with Crippen LogP contribution in [0.2, 0.25) is 0 Å². The van der Waals surface area contributed by atoms with Crippen molar-refractivity contribution in [2.75, 3.05) is 13.1 Å². The first-order valence-corrected chi connectivity index (χ1v) is 7.91. The average Bonchev–Trinajstić information content (AvgIpc) is 2.45. The van der Waals surface area contributed by atoms with Crippen LogP contribution >= 0.6 is 0 Å². The lowest BCUT2D eigenvalue weighted by molar-refractivity contribution is -0.0379. The summed E-state index contributed by atoms with van der Waals surface area (Å²) in [5.74, 6) is 0.132. The predicted molar refractivity (Wildman–Crippen MR) is 86.6 cm³/mol. The molecule has 0 saturated heterocycles. The lowest BCUT2D eigenvalue weighted by Crippen LogP contribution is -2.27. The first-order chi connectivity index (χ1) is 10.9. The zero-order chi connectivity index (χ0) is 17.2. The molecule has 23 heavy (non-hydrogen) atoms. The van der Waals surface area contributed by atoms with Gasteiger partial charge in [0.05, 0.1) is 0 Å². The van der Waals surface area contributed by atoms with Gasteiger partial charge in [-0.15, -0.1) is 0 Å². The molecule has 1 rings (SSSR count). The highest BCUT2D eigenvalue weighted by atomic mass is 16.5. The Morgan fingerprint density at radius 1 is 0.913 bits per heavy atom. The fourth-order valence-electron chi connectivity index (χ4n) is 2.44. The van der Waals surface area contributed by atoms with Gasteiger partial charge in [0.1, 0.15) is 5.75 Å². The van der Waals surface area contributed by atoms with Crippen molar-refractivity contribution in [2.24, 2.45) is 0 Å². The number of phenols is 1. The fourth-order valence-corrected chi connectivity index (χ4v) is 2.44. The molecule has 1 aromatic rings. The molecule has 0 spiro atoms. The molecule has 0 saturated carbocycles. The van der Waals surface area contributed by atoms with E-state index in [1.165, 1.54) is 0 Å². The van der Waals surface area contributed by atoms with Crippen molar-refractivity contribution in [1.82, 2.24) is 10.6 Å². The van der Waals surface area contributed by atoms with Crippen molar-refractivity contribution in [3.05, 3.63) is 28.8 Å². The Bertz CT molecular complexity index is 431. The normalized spacial score (nSPS) is 11.6. The second-order valence-electron chi connectivity index (χ2n) is 5.57. The molecule has 0 unspecified atom stereocenters. The molecule has 132 valence electrons. The predicted octanol–water partition coefficient (Wildman–Crippen LogP) is -0.465. The van der Waals surface area contributed by atoms with Crippen LogP contribution in [0.1, 0.15) is 36.5 Å². The third kappa shape index (κ3) is 7.74. The van der Waals surface area contributed by atoms with Gasteiger partial charge < -0.3 is 36.2 Å². The molecule has 1 aromatic carbocycles. The minimum atomic E-state index is -1.42. The summed E-state index contributed by atoms with van der Waals surface area (Å²) in [6.45, 7) is 3.03. The Labute approximate surface area is 136 Å². The van der Waals surface area contributed by atoms with Crippen LogP contribution in [-0.2, 0) is 19.5 Å². The van der Waals surface area contributed by atoms with E-state index in [4.69, 9.17) is 20.4 Å². The molecule has 0 amide bonds. The van der Waals surface area contributed by atoms with E-state index >= 15 is 0 Å². The van der Waals surface area contributed by atoms with E-state index in [2.05, 4.69) is 17.6 Å². The minimum absolute atomic E-state index is 0.0488. The number of nitrogens with one attached hydrogen (secondary N) is 2. The molecule has 7 nitrogen and oxygen atoms in total. The third-order valence-electron chi connectivity index (χ3n) is 3.48. The number of unbranched alkanes of at least 4 members (excludes halogenated alkanes) is 1. The summed E-state index contributed by atoms with van der Waals surface area (Å²) in [6, 6.07) is 3.35. The number of hydrogen-bond donors (Lipinski definition) is 7. The van der Waals surface area contributed by atoms with Crippen LogP contribution in [0, 0.1) is 0 Å². The van der Waals surface area contributed by atoms with Gasteiger partial charge in [0.25, 0.3) is 0 Å². The zero-order valence-corrected chi connectivity index (χ0v) is 13.5. The summed E-state index contributed by atoms with van der Waals surface area (Å²) in [4.78, 5) is 0. The largest absolute Gasteiger partial charge is 0.508 e. The molecular weight excluding hydrogens is 300 g/mol. The quantitative estimate of drug-likeness (QED) is 0.274. The molecule has 7 heteroatoms. The molecule has 0 radical (unpaired) electrons. The van der Waals surface area contributed by atoms with Crippen molar-refractivity contribution in [2.45, 2.75) is 51.9 Å². The van der Waals surface area contributed by atoms with Crippen molar-refractivity contribution >= 4 is 0 Å². The van der Waals surface area contributed by atoms with Crippen molar-refractivity contribution < 1.29 is 25.5 Å². The van der Waals surface area contributed by atoms with Crippen LogP contribution in [0.25, 0.3) is 0 Å². The summed E-state index contributed by atoms with van der Waals surface area (Å²) in [5.41, 5.74) is 2.89. The van der Waals surface area contributed by atoms with Gasteiger partial charge in [-0.2, -0.15) is 0 Å². The lowest BCUT2D eigenvalue weighted by atomic mass is 9.95. The van der Waals surface area contributed by atoms with E-state index in [0.29, 0.717) is 13.1 Å². The number of benzene rings is 1. The molecule has 0 heterocycles. The van der Waals surface area contributed by atoms with Crippen LogP contribution in [0.4, 0.5) is 0 Å². The maximum Gasteiger partial charge on any atom is 0.164 e. The summed E-state index contributed by atoms with van der Waals surface area (Å²) >= 11 is 0. The summed E-state index contributed by atoms with van der Waals surface area (Å²) in [7, 11) is 0. The van der Waals surface area contributed by atoms with E-state index in [-0.39, 0.29) is 18.8 Å². The Kier molecular flexibility index (Phi) is 9.08. The number of aliphatic hydroxyl groups excluding tert-OH is 2. The number of hydrogen-bond acceptors (Lipinski definition) is 7. The van der Waals surface area contributed by atoms with Gasteiger partial charge in [-0.3, -0.25) is 0 Å². The molecule has 0 aliphatic rings. The van der Waals surface area contributed by atoms with Gasteiger partial charge in [0, 0.05) is 26.2 Å². The Balaban J connectivity index is 2.89. The fraction of sp³-hybridized carbons (Fsp3) is 0.625. The van der Waals surface area contributed by atoms with E-state index in [0.717, 1.165) is 36.0 Å². The van der Waals surface area contributed by atoms with Gasteiger partial charge in [0.15, 0.2) is 12.6 Å². The first kappa shape index (κ1) is 19.8. The highest BCUT2D eigenvalue weighted by Gasteiger charge is 2.11. The summed E-state index contributed by atoms with van der Waals surface area (Å²) < 4.78 is 0. The van der Waals surface area contributed by atoms with Gasteiger partial charge in [-0.05, 0) is 41.7 Å². The maximum absolute atomic E-state index is 9.91. The van der Waals surface area contributed by atoms with Crippen LogP contribution < -0.4 is 10.6 Å². The molecule has 0 aliphatic heterocycles. The minimum Gasteiger partial charge on any atom is -0.508 e. The van der Waals surface area contributed by atoms with Crippen molar-refractivity contribution in [1.29, 1.82) is 0 Å². The van der Waals surface area contributed by atoms with E-state index in [1.807, 2.05) is 0 Å². The SMILES string of the molecule is CCCCc1c(CNCC(O)O)cc(O)cc1CNCC(O)O. The number of aromatic hydroxyl groups is 1. The van der Waals surface area contributed by atoms with Crippen LogP contribution in [0.5, 0.6) is 5.75 Å². The van der Waals surface area contributed by atoms with Crippen LogP contribution in [-0.4, -0.2) is 51.2 Å². The summed E-state index contributed by atoms with van der Waals surface area (Å²) in [5, 5.41) is 51.4. The Hall–Kier alpha value is -1.22. The molecular formula is C16H28N2O5. The second-order valence-corrected chi connectivity index (χ2v) is 5.57. The Morgan fingerprint density at radius 2 is 1.39 bits per heavy atom. The van der Waals surface area contributed by atoms with E-state index < -0.39 is 12.6 Å². The molecule has 0 aliphatic carbocycles. The second kappa shape index (κ2) is 10.5. The molecule has 7 N–H and O–H groups in total. The van der Waals surface area contributed by atoms with Crippen molar-refractivity contribution in [3.63, 3.8) is 0 Å². The topological polar surface area (TPSA) is 125 Å². The smallest absolute Gasteiger partial charge is 0.164 e. The van der Waals surface area contributed by atoms with Gasteiger partial charge in [0.2, 0.25) is 0 Å². The number of rotatable bonds is 11. The van der Waals surface area contributed by atoms with Crippen LogP contribution in [0.3, 0.4) is 0 Å². The molecule has 0 aromatic heterocycles. The number of phenolic OH excluding ortho intramolecular Hbond substituents is 1. The zero-order valence-electron chi connectivity index (χ0n) is 13.5. The monoisotopic (exact) mass is 328 g/mol. The highest BCUT2D eigenvalue weighted by molar-refractivity contribution is 5.42.